The lowest BCUT2D eigenvalue weighted by atomic mass is 10.1. The van der Waals surface area contributed by atoms with Gasteiger partial charge in [0.25, 0.3) is 0 Å². The second kappa shape index (κ2) is 8.88. The van der Waals surface area contributed by atoms with E-state index in [4.69, 9.17) is 16.3 Å². The predicted octanol–water partition coefficient (Wildman–Crippen LogP) is 3.41. The van der Waals surface area contributed by atoms with Gasteiger partial charge in [0.2, 0.25) is 0 Å². The molecule has 5 heteroatoms. The number of hydrogen-bond donors (Lipinski definition) is 0. The molecule has 1 fully saturated rings. The van der Waals surface area contributed by atoms with Crippen molar-refractivity contribution in [2.45, 2.75) is 0 Å². The van der Waals surface area contributed by atoms with Gasteiger partial charge in [0.05, 0.1) is 0 Å². The average Bonchev–Trinajstić information content (AvgIpc) is 2.66. The van der Waals surface area contributed by atoms with Gasteiger partial charge in [-0.3, -0.25) is 9.89 Å². The molecule has 0 aromatic heterocycles. The molecule has 0 N–H and O–H groups in total. The van der Waals surface area contributed by atoms with Crippen molar-refractivity contribution < 1.29 is 4.74 Å². The summed E-state index contributed by atoms with van der Waals surface area (Å²) < 4.78 is 5.79. The van der Waals surface area contributed by atoms with E-state index in [0.29, 0.717) is 6.61 Å². The average molecular weight is 358 g/mol. The van der Waals surface area contributed by atoms with Gasteiger partial charge in [0, 0.05) is 50.4 Å². The maximum absolute atomic E-state index is 5.88. The Labute approximate surface area is 154 Å². The summed E-state index contributed by atoms with van der Waals surface area (Å²) in [5, 5.41) is 0.732. The van der Waals surface area contributed by atoms with Gasteiger partial charge >= 0.3 is 0 Å². The Morgan fingerprint density at radius 3 is 2.32 bits per heavy atom. The third-order valence-electron chi connectivity index (χ3n) is 4.41. The first-order valence-electron chi connectivity index (χ1n) is 8.64. The summed E-state index contributed by atoms with van der Waals surface area (Å²) in [6.07, 6.45) is 0. The molecule has 0 amide bonds. The third-order valence-corrected chi connectivity index (χ3v) is 4.66. The van der Waals surface area contributed by atoms with Crippen molar-refractivity contribution in [2.24, 2.45) is 4.99 Å². The first-order valence-corrected chi connectivity index (χ1v) is 9.02. The molecule has 132 valence electrons. The lowest BCUT2D eigenvalue weighted by molar-refractivity contribution is 0.154. The fourth-order valence-electron chi connectivity index (χ4n) is 3.05. The predicted molar refractivity (Wildman–Crippen MR) is 104 cm³/mol. The highest BCUT2D eigenvalue weighted by Gasteiger charge is 2.20. The van der Waals surface area contributed by atoms with Crippen LogP contribution in [-0.2, 0) is 0 Å². The fourth-order valence-corrected chi connectivity index (χ4v) is 3.17. The molecule has 1 saturated heterocycles. The van der Waals surface area contributed by atoms with E-state index < -0.39 is 0 Å². The van der Waals surface area contributed by atoms with E-state index in [1.165, 1.54) is 5.56 Å². The highest BCUT2D eigenvalue weighted by atomic mass is 35.5. The second-order valence-corrected chi connectivity index (χ2v) is 6.48. The smallest absolute Gasteiger partial charge is 0.130 e. The fraction of sp³-hybridized carbons (Fsp3) is 0.350. The first kappa shape index (κ1) is 17.8. The number of piperazine rings is 1. The number of aliphatic imine (C=N–C) groups is 1. The van der Waals surface area contributed by atoms with E-state index in [1.54, 1.807) is 0 Å². The molecule has 1 heterocycles. The maximum atomic E-state index is 5.88. The number of amidine groups is 1. The molecule has 25 heavy (non-hydrogen) atoms. The Balaban J connectivity index is 1.44. The normalized spacial score (nSPS) is 16.1. The van der Waals surface area contributed by atoms with Crippen LogP contribution in [0, 0.1) is 0 Å². The van der Waals surface area contributed by atoms with Crippen molar-refractivity contribution in [3.8, 4) is 5.75 Å². The van der Waals surface area contributed by atoms with E-state index in [0.717, 1.165) is 49.3 Å². The lowest BCUT2D eigenvalue weighted by Gasteiger charge is -2.36. The number of benzene rings is 2. The Kier molecular flexibility index (Phi) is 6.31. The highest BCUT2D eigenvalue weighted by Crippen LogP contribution is 2.15. The standard InChI is InChI=1S/C20H24ClN3O/c1-22-20(17-5-3-2-4-6-17)24-13-11-23(12-14-24)15-16-25-19-9-7-18(21)8-10-19/h2-10H,11-16H2,1H3. The SMILES string of the molecule is CN=C(c1ccccc1)N1CCN(CCOc2ccc(Cl)cc2)CC1. The van der Waals surface area contributed by atoms with Crippen molar-refractivity contribution in [1.29, 1.82) is 0 Å². The largest absolute Gasteiger partial charge is 0.492 e. The summed E-state index contributed by atoms with van der Waals surface area (Å²) in [5.74, 6) is 1.95. The molecule has 0 aliphatic carbocycles. The first-order chi connectivity index (χ1) is 12.3. The molecule has 2 aromatic rings. The van der Waals surface area contributed by atoms with Crippen molar-refractivity contribution in [3.05, 3.63) is 65.2 Å². The summed E-state index contributed by atoms with van der Waals surface area (Å²) in [7, 11) is 1.87. The van der Waals surface area contributed by atoms with Gasteiger partial charge in [-0.25, -0.2) is 0 Å². The van der Waals surface area contributed by atoms with Gasteiger partial charge in [0.15, 0.2) is 0 Å². The van der Waals surface area contributed by atoms with Gasteiger partial charge in [-0.15, -0.1) is 0 Å². The van der Waals surface area contributed by atoms with Crippen LogP contribution in [-0.4, -0.2) is 62.0 Å². The van der Waals surface area contributed by atoms with Crippen LogP contribution >= 0.6 is 11.6 Å². The second-order valence-electron chi connectivity index (χ2n) is 6.04. The summed E-state index contributed by atoms with van der Waals surface area (Å²) in [6.45, 7) is 5.64. The molecule has 0 saturated carbocycles. The minimum atomic E-state index is 0.690. The van der Waals surface area contributed by atoms with E-state index in [2.05, 4.69) is 39.1 Å². The van der Waals surface area contributed by atoms with E-state index >= 15 is 0 Å². The summed E-state index contributed by atoms with van der Waals surface area (Å²) in [6, 6.07) is 17.9. The van der Waals surface area contributed by atoms with Crippen LogP contribution in [0.15, 0.2) is 59.6 Å². The Morgan fingerprint density at radius 1 is 1.00 bits per heavy atom. The molecule has 4 nitrogen and oxygen atoms in total. The molecule has 1 aliphatic heterocycles. The van der Waals surface area contributed by atoms with Crippen molar-refractivity contribution in [2.75, 3.05) is 46.4 Å². The minimum absolute atomic E-state index is 0.690. The monoisotopic (exact) mass is 357 g/mol. The molecule has 0 spiro atoms. The zero-order valence-corrected chi connectivity index (χ0v) is 15.3. The highest BCUT2D eigenvalue weighted by molar-refractivity contribution is 6.30. The summed E-state index contributed by atoms with van der Waals surface area (Å²) in [4.78, 5) is 9.31. The topological polar surface area (TPSA) is 28.1 Å². The van der Waals surface area contributed by atoms with Crippen molar-refractivity contribution >= 4 is 17.4 Å². The summed E-state index contributed by atoms with van der Waals surface area (Å²) >= 11 is 5.88. The van der Waals surface area contributed by atoms with E-state index in [1.807, 2.05) is 37.4 Å². The van der Waals surface area contributed by atoms with Crippen LogP contribution in [0.2, 0.25) is 5.02 Å². The van der Waals surface area contributed by atoms with Crippen LogP contribution in [0.4, 0.5) is 0 Å². The molecule has 1 aliphatic rings. The van der Waals surface area contributed by atoms with Crippen LogP contribution in [0.3, 0.4) is 0 Å². The van der Waals surface area contributed by atoms with Gasteiger partial charge in [-0.2, -0.15) is 0 Å². The van der Waals surface area contributed by atoms with Gasteiger partial charge in [-0.1, -0.05) is 41.9 Å². The zero-order valence-electron chi connectivity index (χ0n) is 14.6. The molecule has 0 atom stereocenters. The molecule has 0 radical (unpaired) electrons. The molecule has 2 aromatic carbocycles. The zero-order chi connectivity index (χ0) is 17.5. The van der Waals surface area contributed by atoms with E-state index in [-0.39, 0.29) is 0 Å². The summed E-state index contributed by atoms with van der Waals surface area (Å²) in [5.41, 5.74) is 1.18. The number of nitrogens with zero attached hydrogens (tertiary/aromatic N) is 3. The van der Waals surface area contributed by atoms with Crippen LogP contribution in [0.1, 0.15) is 5.56 Å². The quantitative estimate of drug-likeness (QED) is 0.606. The van der Waals surface area contributed by atoms with E-state index in [9.17, 15) is 0 Å². The number of ether oxygens (including phenoxy) is 1. The third kappa shape index (κ3) is 4.97. The van der Waals surface area contributed by atoms with Gasteiger partial charge in [-0.05, 0) is 24.3 Å². The Morgan fingerprint density at radius 2 is 1.68 bits per heavy atom. The van der Waals surface area contributed by atoms with Crippen molar-refractivity contribution in [1.82, 2.24) is 9.80 Å². The van der Waals surface area contributed by atoms with Gasteiger partial charge in [0.1, 0.15) is 18.2 Å². The molecular formula is C20H24ClN3O. The van der Waals surface area contributed by atoms with Crippen molar-refractivity contribution in [3.63, 3.8) is 0 Å². The number of rotatable bonds is 5. The minimum Gasteiger partial charge on any atom is -0.492 e. The molecule has 3 rings (SSSR count). The number of halogens is 1. The van der Waals surface area contributed by atoms with Gasteiger partial charge < -0.3 is 9.64 Å². The maximum Gasteiger partial charge on any atom is 0.130 e. The number of hydrogen-bond acceptors (Lipinski definition) is 3. The Bertz CT molecular complexity index is 680. The molecule has 0 unspecified atom stereocenters. The molecule has 0 bridgehead atoms. The van der Waals surface area contributed by atoms with Crippen LogP contribution in [0.25, 0.3) is 0 Å². The Hall–Kier alpha value is -2.04. The molecular weight excluding hydrogens is 334 g/mol. The van der Waals surface area contributed by atoms with Crippen LogP contribution in [0.5, 0.6) is 5.75 Å². The van der Waals surface area contributed by atoms with Crippen LogP contribution < -0.4 is 4.74 Å². The lowest BCUT2D eigenvalue weighted by Crippen LogP contribution is -2.49.